The number of hydrogen-bond donors (Lipinski definition) is 4. The lowest BCUT2D eigenvalue weighted by molar-refractivity contribution is -0.0777. The Balaban J connectivity index is 2.02. The van der Waals surface area contributed by atoms with Crippen LogP contribution in [0, 0.1) is 0 Å². The predicted molar refractivity (Wildman–Crippen MR) is 67.3 cm³/mol. The van der Waals surface area contributed by atoms with Crippen molar-refractivity contribution in [2.24, 2.45) is 0 Å². The van der Waals surface area contributed by atoms with Crippen LogP contribution in [0.3, 0.4) is 0 Å². The predicted octanol–water partition coefficient (Wildman–Crippen LogP) is -1.59. The summed E-state index contributed by atoms with van der Waals surface area (Å²) in [6, 6.07) is 0. The summed E-state index contributed by atoms with van der Waals surface area (Å²) in [6.45, 7) is 1.48. The second-order valence-corrected chi connectivity index (χ2v) is 4.80. The van der Waals surface area contributed by atoms with Gasteiger partial charge in [-0.05, 0) is 6.92 Å². The molecular weight excluding hydrogens is 266 g/mol. The van der Waals surface area contributed by atoms with Gasteiger partial charge in [0.15, 0.2) is 17.7 Å². The van der Waals surface area contributed by atoms with Gasteiger partial charge in [0.2, 0.25) is 0 Å². The number of nitrogens with two attached hydrogens (primary N) is 1. The number of rotatable bonds is 2. The zero-order valence-electron chi connectivity index (χ0n) is 10.7. The molecule has 2 aromatic heterocycles. The molecule has 3 rings (SSSR count). The van der Waals surface area contributed by atoms with E-state index in [1.54, 1.807) is 0 Å². The Hall–Kier alpha value is -1.81. The Morgan fingerprint density at radius 1 is 1.30 bits per heavy atom. The van der Waals surface area contributed by atoms with Crippen LogP contribution >= 0.6 is 0 Å². The molecule has 0 bridgehead atoms. The number of ether oxygens (including phenoxy) is 1. The van der Waals surface area contributed by atoms with Crippen LogP contribution in [0.15, 0.2) is 12.7 Å². The maximum absolute atomic E-state index is 10.1. The fourth-order valence-electron chi connectivity index (χ4n) is 2.37. The molecule has 5 N–H and O–H groups in total. The van der Waals surface area contributed by atoms with Crippen molar-refractivity contribution in [1.82, 2.24) is 19.5 Å². The molecule has 108 valence electrons. The summed E-state index contributed by atoms with van der Waals surface area (Å²) in [7, 11) is 0. The first kappa shape index (κ1) is 13.2. The van der Waals surface area contributed by atoms with Gasteiger partial charge in [0, 0.05) is 0 Å². The van der Waals surface area contributed by atoms with Crippen LogP contribution in [0.4, 0.5) is 5.82 Å². The molecule has 5 atom stereocenters. The summed E-state index contributed by atoms with van der Waals surface area (Å²) in [6.07, 6.45) is -2.42. The van der Waals surface area contributed by atoms with E-state index in [0.717, 1.165) is 0 Å². The van der Waals surface area contributed by atoms with Gasteiger partial charge in [0.1, 0.15) is 30.2 Å². The van der Waals surface area contributed by atoms with Crippen molar-refractivity contribution in [3.63, 3.8) is 0 Å². The van der Waals surface area contributed by atoms with Crippen molar-refractivity contribution in [1.29, 1.82) is 0 Å². The maximum atomic E-state index is 10.1. The summed E-state index contributed by atoms with van der Waals surface area (Å²) in [4.78, 5) is 11.9. The number of anilines is 1. The van der Waals surface area contributed by atoms with Crippen molar-refractivity contribution in [2.45, 2.75) is 37.6 Å². The van der Waals surface area contributed by atoms with Crippen molar-refractivity contribution in [3.05, 3.63) is 12.7 Å². The second kappa shape index (κ2) is 4.63. The van der Waals surface area contributed by atoms with Crippen molar-refractivity contribution < 1.29 is 20.1 Å². The number of fused-ring (bicyclic) bond motifs is 1. The zero-order chi connectivity index (χ0) is 14.4. The molecule has 20 heavy (non-hydrogen) atoms. The molecule has 0 unspecified atom stereocenters. The van der Waals surface area contributed by atoms with E-state index in [-0.39, 0.29) is 5.82 Å². The molecular formula is C11H15N5O4. The van der Waals surface area contributed by atoms with Crippen LogP contribution in [0.2, 0.25) is 0 Å². The highest BCUT2D eigenvalue weighted by molar-refractivity contribution is 5.81. The molecule has 0 radical (unpaired) electrons. The number of aliphatic hydroxyl groups excluding tert-OH is 3. The van der Waals surface area contributed by atoms with Gasteiger partial charge in [-0.1, -0.05) is 0 Å². The third kappa shape index (κ3) is 1.83. The molecule has 0 aliphatic carbocycles. The fourth-order valence-corrected chi connectivity index (χ4v) is 2.37. The highest BCUT2D eigenvalue weighted by atomic mass is 16.6. The Labute approximate surface area is 113 Å². The lowest BCUT2D eigenvalue weighted by atomic mass is 10.1. The molecule has 1 fully saturated rings. The van der Waals surface area contributed by atoms with Crippen molar-refractivity contribution in [3.8, 4) is 0 Å². The van der Waals surface area contributed by atoms with Crippen LogP contribution in [0.1, 0.15) is 13.2 Å². The normalized spacial score (nSPS) is 31.8. The largest absolute Gasteiger partial charge is 0.391 e. The van der Waals surface area contributed by atoms with E-state index in [2.05, 4.69) is 15.0 Å². The highest BCUT2D eigenvalue weighted by Gasteiger charge is 2.46. The minimum absolute atomic E-state index is 0.217. The second-order valence-electron chi connectivity index (χ2n) is 4.80. The SMILES string of the molecule is C[C@@H](O)[C@@H]1O[C@@H](n2cnc3c(N)ncnc32)[C@H](O)[C@@H]1O. The highest BCUT2D eigenvalue weighted by Crippen LogP contribution is 2.33. The van der Waals surface area contributed by atoms with Crippen LogP contribution in [-0.4, -0.2) is 59.3 Å². The number of imidazole rings is 1. The molecule has 3 heterocycles. The van der Waals surface area contributed by atoms with Crippen LogP contribution < -0.4 is 5.73 Å². The van der Waals surface area contributed by atoms with Crippen molar-refractivity contribution >= 4 is 17.0 Å². The number of nitrogens with zero attached hydrogens (tertiary/aromatic N) is 4. The topological polar surface area (TPSA) is 140 Å². The van der Waals surface area contributed by atoms with Crippen molar-refractivity contribution in [2.75, 3.05) is 5.73 Å². The van der Waals surface area contributed by atoms with Gasteiger partial charge in [-0.15, -0.1) is 0 Å². The molecule has 1 aliphatic heterocycles. The minimum Gasteiger partial charge on any atom is -0.391 e. The molecule has 9 heteroatoms. The minimum atomic E-state index is -1.21. The summed E-state index contributed by atoms with van der Waals surface area (Å²) < 4.78 is 6.97. The molecule has 0 spiro atoms. The average molecular weight is 281 g/mol. The Bertz CT molecular complexity index is 630. The van der Waals surface area contributed by atoms with E-state index in [1.165, 1.54) is 24.1 Å². The van der Waals surface area contributed by atoms with Gasteiger partial charge in [-0.25, -0.2) is 15.0 Å². The molecule has 1 aliphatic rings. The van der Waals surface area contributed by atoms with Gasteiger partial charge in [-0.3, -0.25) is 4.57 Å². The van der Waals surface area contributed by atoms with Gasteiger partial charge >= 0.3 is 0 Å². The first-order valence-corrected chi connectivity index (χ1v) is 6.13. The van der Waals surface area contributed by atoms with Gasteiger partial charge < -0.3 is 25.8 Å². The smallest absolute Gasteiger partial charge is 0.167 e. The van der Waals surface area contributed by atoms with Crippen LogP contribution in [-0.2, 0) is 4.74 Å². The monoisotopic (exact) mass is 281 g/mol. The molecule has 2 aromatic rings. The Kier molecular flexibility index (Phi) is 3.05. The molecule has 0 amide bonds. The van der Waals surface area contributed by atoms with E-state index in [4.69, 9.17) is 10.5 Å². The van der Waals surface area contributed by atoms with Gasteiger partial charge in [-0.2, -0.15) is 0 Å². The Morgan fingerprint density at radius 2 is 2.05 bits per heavy atom. The van der Waals surface area contributed by atoms with E-state index >= 15 is 0 Å². The average Bonchev–Trinajstić information content (AvgIpc) is 2.94. The summed E-state index contributed by atoms with van der Waals surface area (Å²) in [5.74, 6) is 0.217. The lowest BCUT2D eigenvalue weighted by Gasteiger charge is -2.17. The first-order valence-electron chi connectivity index (χ1n) is 6.13. The third-order valence-corrected chi connectivity index (χ3v) is 3.41. The number of hydrogen-bond acceptors (Lipinski definition) is 8. The quantitative estimate of drug-likeness (QED) is 0.516. The fraction of sp³-hybridized carbons (Fsp3) is 0.545. The number of aromatic nitrogens is 4. The van der Waals surface area contributed by atoms with Crippen LogP contribution in [0.5, 0.6) is 0 Å². The summed E-state index contributed by atoms with van der Waals surface area (Å²) in [5, 5.41) is 29.5. The number of aliphatic hydroxyl groups is 3. The van der Waals surface area contributed by atoms with Crippen LogP contribution in [0.25, 0.3) is 11.2 Å². The maximum Gasteiger partial charge on any atom is 0.167 e. The number of nitrogen functional groups attached to an aromatic ring is 1. The summed E-state index contributed by atoms with van der Waals surface area (Å²) in [5.41, 5.74) is 6.46. The third-order valence-electron chi connectivity index (χ3n) is 3.41. The lowest BCUT2D eigenvalue weighted by Crippen LogP contribution is -2.37. The van der Waals surface area contributed by atoms with Gasteiger partial charge in [0.05, 0.1) is 12.4 Å². The zero-order valence-corrected chi connectivity index (χ0v) is 10.7. The van der Waals surface area contributed by atoms with Gasteiger partial charge in [0.25, 0.3) is 0 Å². The Morgan fingerprint density at radius 3 is 2.70 bits per heavy atom. The standard InChI is InChI=1S/C11H15N5O4/c1-4(17)8-6(18)7(19)11(20-8)16-3-15-5-9(12)13-2-14-10(5)16/h2-4,6-8,11,17-19H,1H3,(H2,12,13,14)/t4-,6+,7-,8+,11-/m1/s1. The van der Waals surface area contributed by atoms with E-state index in [1.807, 2.05) is 0 Å². The summed E-state index contributed by atoms with van der Waals surface area (Å²) >= 11 is 0. The molecule has 1 saturated heterocycles. The first-order chi connectivity index (χ1) is 9.50. The van der Waals surface area contributed by atoms with E-state index in [0.29, 0.717) is 11.2 Å². The molecule has 0 saturated carbocycles. The molecule has 9 nitrogen and oxygen atoms in total. The molecule has 0 aromatic carbocycles. The van der Waals surface area contributed by atoms with E-state index < -0.39 is 30.6 Å². The van der Waals surface area contributed by atoms with E-state index in [9.17, 15) is 15.3 Å².